The van der Waals surface area contributed by atoms with Crippen molar-refractivity contribution < 1.29 is 19.0 Å². The van der Waals surface area contributed by atoms with Crippen LogP contribution in [0.15, 0.2) is 42.5 Å². The summed E-state index contributed by atoms with van der Waals surface area (Å²) < 4.78 is 16.3. The maximum absolute atomic E-state index is 12.4. The summed E-state index contributed by atoms with van der Waals surface area (Å²) in [5.41, 5.74) is 2.16. The topological polar surface area (TPSA) is 56.8 Å². The Labute approximate surface area is 154 Å². The van der Waals surface area contributed by atoms with Crippen LogP contribution in [0.25, 0.3) is 0 Å². The number of rotatable bonds is 7. The van der Waals surface area contributed by atoms with E-state index in [1.54, 1.807) is 7.11 Å². The quantitative estimate of drug-likeness (QED) is 0.823. The highest BCUT2D eigenvalue weighted by molar-refractivity contribution is 5.76. The first kappa shape index (κ1) is 18.1. The van der Waals surface area contributed by atoms with Crippen molar-refractivity contribution in [2.45, 2.75) is 32.2 Å². The fourth-order valence-corrected chi connectivity index (χ4v) is 3.02. The summed E-state index contributed by atoms with van der Waals surface area (Å²) in [6.07, 6.45) is 1.94. The molecule has 5 heteroatoms. The molecule has 1 aliphatic rings. The normalized spacial score (nSPS) is 13.8. The standard InChI is InChI=1S/C21H25NO4/c1-3-18(16-6-8-17(24-2)9-7-16)22-21(23)11-5-15-4-10-19-20(14-15)26-13-12-25-19/h4,6-10,14,18H,3,5,11-13H2,1-2H3,(H,22,23)/t18-/m1/s1. The maximum Gasteiger partial charge on any atom is 0.220 e. The Hall–Kier alpha value is -2.69. The van der Waals surface area contributed by atoms with Crippen LogP contribution in [0.4, 0.5) is 0 Å². The van der Waals surface area contributed by atoms with Crippen molar-refractivity contribution in [3.63, 3.8) is 0 Å². The third kappa shape index (κ3) is 4.48. The van der Waals surface area contributed by atoms with Crippen LogP contribution >= 0.6 is 0 Å². The monoisotopic (exact) mass is 355 g/mol. The van der Waals surface area contributed by atoms with Crippen LogP contribution in [0.2, 0.25) is 0 Å². The fraction of sp³-hybridized carbons (Fsp3) is 0.381. The van der Waals surface area contributed by atoms with E-state index < -0.39 is 0 Å². The van der Waals surface area contributed by atoms with E-state index in [9.17, 15) is 4.79 Å². The molecule has 0 unspecified atom stereocenters. The summed E-state index contributed by atoms with van der Waals surface area (Å²) in [6.45, 7) is 3.21. The van der Waals surface area contributed by atoms with E-state index in [-0.39, 0.29) is 11.9 Å². The molecule has 5 nitrogen and oxygen atoms in total. The van der Waals surface area contributed by atoms with Crippen LogP contribution in [0.5, 0.6) is 17.2 Å². The molecule has 0 fully saturated rings. The van der Waals surface area contributed by atoms with Gasteiger partial charge in [0.1, 0.15) is 19.0 Å². The van der Waals surface area contributed by atoms with Gasteiger partial charge in [-0.2, -0.15) is 0 Å². The van der Waals surface area contributed by atoms with Crippen molar-refractivity contribution >= 4 is 5.91 Å². The minimum absolute atomic E-state index is 0.00803. The zero-order valence-electron chi connectivity index (χ0n) is 15.3. The van der Waals surface area contributed by atoms with Gasteiger partial charge in [-0.25, -0.2) is 0 Å². The lowest BCUT2D eigenvalue weighted by atomic mass is 10.0. The van der Waals surface area contributed by atoms with E-state index in [1.165, 1.54) is 0 Å². The lowest BCUT2D eigenvalue weighted by Gasteiger charge is -2.19. The third-order valence-corrected chi connectivity index (χ3v) is 4.51. The Balaban J connectivity index is 1.55. The van der Waals surface area contributed by atoms with Crippen LogP contribution < -0.4 is 19.5 Å². The Bertz CT molecular complexity index is 742. The van der Waals surface area contributed by atoms with Crippen molar-refractivity contribution in [1.29, 1.82) is 0 Å². The van der Waals surface area contributed by atoms with E-state index >= 15 is 0 Å². The summed E-state index contributed by atoms with van der Waals surface area (Å²) in [7, 11) is 1.64. The largest absolute Gasteiger partial charge is 0.497 e. The van der Waals surface area contributed by atoms with Crippen LogP contribution in [0.3, 0.4) is 0 Å². The molecule has 0 spiro atoms. The maximum atomic E-state index is 12.4. The van der Waals surface area contributed by atoms with E-state index in [1.807, 2.05) is 42.5 Å². The molecule has 138 valence electrons. The van der Waals surface area contributed by atoms with E-state index in [2.05, 4.69) is 12.2 Å². The second kappa shape index (κ2) is 8.61. The lowest BCUT2D eigenvalue weighted by Crippen LogP contribution is -2.28. The summed E-state index contributed by atoms with van der Waals surface area (Å²) in [4.78, 5) is 12.4. The van der Waals surface area contributed by atoms with Crippen LogP contribution in [-0.2, 0) is 11.2 Å². The lowest BCUT2D eigenvalue weighted by molar-refractivity contribution is -0.121. The molecule has 0 aliphatic carbocycles. The van der Waals surface area contributed by atoms with Gasteiger partial charge in [-0.05, 0) is 48.2 Å². The third-order valence-electron chi connectivity index (χ3n) is 4.51. The number of hydrogen-bond acceptors (Lipinski definition) is 4. The van der Waals surface area contributed by atoms with Crippen molar-refractivity contribution in [1.82, 2.24) is 5.32 Å². The van der Waals surface area contributed by atoms with E-state index in [0.717, 1.165) is 34.8 Å². The number of fused-ring (bicyclic) bond motifs is 1. The molecule has 0 aromatic heterocycles. The molecule has 3 rings (SSSR count). The van der Waals surface area contributed by atoms with Gasteiger partial charge < -0.3 is 19.5 Å². The number of nitrogens with one attached hydrogen (secondary N) is 1. The van der Waals surface area contributed by atoms with E-state index in [4.69, 9.17) is 14.2 Å². The highest BCUT2D eigenvalue weighted by atomic mass is 16.6. The summed E-state index contributed by atoms with van der Waals surface area (Å²) in [6, 6.07) is 13.7. The molecular formula is C21H25NO4. The first-order chi connectivity index (χ1) is 12.7. The molecule has 2 aromatic carbocycles. The minimum atomic E-state index is 0.00803. The number of carbonyl (C=O) groups is 1. The second-order valence-electron chi connectivity index (χ2n) is 6.28. The molecule has 0 saturated heterocycles. The minimum Gasteiger partial charge on any atom is -0.497 e. The summed E-state index contributed by atoms with van der Waals surface area (Å²) in [5, 5.41) is 3.12. The van der Waals surface area contributed by atoms with Crippen molar-refractivity contribution in [3.05, 3.63) is 53.6 Å². The van der Waals surface area contributed by atoms with Gasteiger partial charge in [0, 0.05) is 6.42 Å². The summed E-state index contributed by atoms with van der Waals surface area (Å²) in [5.74, 6) is 2.39. The van der Waals surface area contributed by atoms with Gasteiger partial charge in [0.25, 0.3) is 0 Å². The van der Waals surface area contributed by atoms with Crippen LogP contribution in [0.1, 0.15) is 36.9 Å². The SMILES string of the molecule is CC[C@@H](NC(=O)CCc1ccc2c(c1)OCCO2)c1ccc(OC)cc1. The van der Waals surface area contributed by atoms with Crippen LogP contribution in [-0.4, -0.2) is 26.2 Å². The van der Waals surface area contributed by atoms with Gasteiger partial charge in [0.05, 0.1) is 13.2 Å². The summed E-state index contributed by atoms with van der Waals surface area (Å²) >= 11 is 0. The van der Waals surface area contributed by atoms with Crippen LogP contribution in [0, 0.1) is 0 Å². The van der Waals surface area contributed by atoms with Crippen molar-refractivity contribution in [2.24, 2.45) is 0 Å². The molecule has 1 heterocycles. The number of hydrogen-bond donors (Lipinski definition) is 1. The number of ether oxygens (including phenoxy) is 3. The number of benzene rings is 2. The molecule has 1 atom stereocenters. The van der Waals surface area contributed by atoms with Gasteiger partial charge in [0.15, 0.2) is 11.5 Å². The van der Waals surface area contributed by atoms with E-state index in [0.29, 0.717) is 26.1 Å². The van der Waals surface area contributed by atoms with Gasteiger partial charge >= 0.3 is 0 Å². The Kier molecular flexibility index (Phi) is 6.00. The number of aryl methyl sites for hydroxylation is 1. The molecule has 0 saturated carbocycles. The molecule has 0 radical (unpaired) electrons. The highest BCUT2D eigenvalue weighted by Crippen LogP contribution is 2.31. The second-order valence-corrected chi connectivity index (χ2v) is 6.28. The molecule has 1 amide bonds. The number of amides is 1. The van der Waals surface area contributed by atoms with Crippen molar-refractivity contribution in [2.75, 3.05) is 20.3 Å². The molecule has 1 aliphatic heterocycles. The average molecular weight is 355 g/mol. The molecule has 26 heavy (non-hydrogen) atoms. The first-order valence-corrected chi connectivity index (χ1v) is 9.01. The molecule has 0 bridgehead atoms. The Morgan fingerprint density at radius 2 is 1.85 bits per heavy atom. The number of methoxy groups -OCH3 is 1. The van der Waals surface area contributed by atoms with Gasteiger partial charge in [-0.1, -0.05) is 25.1 Å². The smallest absolute Gasteiger partial charge is 0.220 e. The first-order valence-electron chi connectivity index (χ1n) is 9.01. The zero-order valence-corrected chi connectivity index (χ0v) is 15.3. The molecule has 1 N–H and O–H groups in total. The highest BCUT2D eigenvalue weighted by Gasteiger charge is 2.15. The average Bonchev–Trinajstić information content (AvgIpc) is 2.70. The van der Waals surface area contributed by atoms with Crippen molar-refractivity contribution in [3.8, 4) is 17.2 Å². The number of carbonyl (C=O) groups excluding carboxylic acids is 1. The van der Waals surface area contributed by atoms with Gasteiger partial charge in [0.2, 0.25) is 5.91 Å². The van der Waals surface area contributed by atoms with Gasteiger partial charge in [-0.15, -0.1) is 0 Å². The van der Waals surface area contributed by atoms with Gasteiger partial charge in [-0.3, -0.25) is 4.79 Å². The zero-order chi connectivity index (χ0) is 18.4. The Morgan fingerprint density at radius 1 is 1.12 bits per heavy atom. The Morgan fingerprint density at radius 3 is 2.54 bits per heavy atom. The predicted octanol–water partition coefficient (Wildman–Crippen LogP) is 3.67. The molecule has 2 aromatic rings. The fourth-order valence-electron chi connectivity index (χ4n) is 3.02. The predicted molar refractivity (Wildman–Crippen MR) is 99.9 cm³/mol. The molecular weight excluding hydrogens is 330 g/mol.